The highest BCUT2D eigenvalue weighted by atomic mass is 32.1. The molecule has 2 aromatic heterocycles. The number of halogens is 1. The van der Waals surface area contributed by atoms with Crippen molar-refractivity contribution >= 4 is 17.2 Å². The second kappa shape index (κ2) is 9.49. The lowest BCUT2D eigenvalue weighted by Gasteiger charge is -2.36. The van der Waals surface area contributed by atoms with E-state index in [4.69, 9.17) is 0 Å². The molecule has 4 rings (SSSR count). The van der Waals surface area contributed by atoms with E-state index in [2.05, 4.69) is 16.0 Å². The standard InChI is InChI=1S/C24H26FN3OS/c1-27(19-12-16-28(17-13-19)15-11-18-6-4-5-14-26-18)24(29)23-10-9-22(30-23)20-7-2-3-8-21(20)25/h2-10,14,19H,11-13,15-17H2,1H3. The van der Waals surface area contributed by atoms with Crippen LogP contribution >= 0.6 is 11.3 Å². The number of piperidine rings is 1. The van der Waals surface area contributed by atoms with Crippen LogP contribution in [0.15, 0.2) is 60.8 Å². The molecule has 1 amide bonds. The van der Waals surface area contributed by atoms with Crippen molar-refractivity contribution in [2.45, 2.75) is 25.3 Å². The molecule has 30 heavy (non-hydrogen) atoms. The van der Waals surface area contributed by atoms with Crippen LogP contribution in [-0.2, 0) is 6.42 Å². The van der Waals surface area contributed by atoms with E-state index in [1.807, 2.05) is 48.5 Å². The molecule has 3 aromatic rings. The first-order chi connectivity index (χ1) is 14.6. The molecule has 0 saturated carbocycles. The topological polar surface area (TPSA) is 36.4 Å². The number of hydrogen-bond donors (Lipinski definition) is 0. The first kappa shape index (κ1) is 20.7. The van der Waals surface area contributed by atoms with Gasteiger partial charge in [-0.05, 0) is 43.2 Å². The SMILES string of the molecule is CN(C(=O)c1ccc(-c2ccccc2F)s1)C1CCN(CCc2ccccn2)CC1. The molecule has 6 heteroatoms. The zero-order valence-corrected chi connectivity index (χ0v) is 17.9. The number of rotatable bonds is 6. The van der Waals surface area contributed by atoms with Gasteiger partial charge in [0.25, 0.3) is 5.91 Å². The Morgan fingerprint density at radius 1 is 1.13 bits per heavy atom. The third-order valence-electron chi connectivity index (χ3n) is 5.79. The first-order valence-electron chi connectivity index (χ1n) is 10.4. The molecule has 4 nitrogen and oxygen atoms in total. The molecule has 0 aliphatic carbocycles. The van der Waals surface area contributed by atoms with E-state index in [1.165, 1.54) is 17.4 Å². The minimum absolute atomic E-state index is 0.0227. The van der Waals surface area contributed by atoms with Crippen molar-refractivity contribution in [3.8, 4) is 10.4 Å². The Kier molecular flexibility index (Phi) is 6.55. The number of pyridine rings is 1. The zero-order chi connectivity index (χ0) is 20.9. The van der Waals surface area contributed by atoms with Crippen molar-refractivity contribution < 1.29 is 9.18 Å². The van der Waals surface area contributed by atoms with Crippen LogP contribution in [0.1, 0.15) is 28.2 Å². The highest BCUT2D eigenvalue weighted by Crippen LogP contribution is 2.31. The third-order valence-corrected chi connectivity index (χ3v) is 6.90. The summed E-state index contributed by atoms with van der Waals surface area (Å²) in [5, 5.41) is 0. The second-order valence-corrected chi connectivity index (χ2v) is 8.79. The summed E-state index contributed by atoms with van der Waals surface area (Å²) in [5.41, 5.74) is 1.67. The average Bonchev–Trinajstić information content (AvgIpc) is 3.28. The van der Waals surface area contributed by atoms with Gasteiger partial charge in [0, 0.05) is 61.5 Å². The number of carbonyl (C=O) groups is 1. The Balaban J connectivity index is 1.31. The maximum absolute atomic E-state index is 14.0. The van der Waals surface area contributed by atoms with E-state index in [-0.39, 0.29) is 17.8 Å². The van der Waals surface area contributed by atoms with Crippen molar-refractivity contribution in [1.29, 1.82) is 0 Å². The molecule has 1 saturated heterocycles. The summed E-state index contributed by atoms with van der Waals surface area (Å²) < 4.78 is 14.0. The summed E-state index contributed by atoms with van der Waals surface area (Å²) in [6.07, 6.45) is 4.73. The summed E-state index contributed by atoms with van der Waals surface area (Å²) in [4.78, 5) is 23.1. The number of thiophene rings is 1. The molecule has 0 spiro atoms. The quantitative estimate of drug-likeness (QED) is 0.575. The second-order valence-electron chi connectivity index (χ2n) is 7.70. The highest BCUT2D eigenvalue weighted by Gasteiger charge is 2.26. The molecule has 156 valence electrons. The number of hydrogen-bond acceptors (Lipinski definition) is 4. The molecule has 3 heterocycles. The molecule has 1 aromatic carbocycles. The number of carbonyl (C=O) groups excluding carboxylic acids is 1. The largest absolute Gasteiger partial charge is 0.338 e. The lowest BCUT2D eigenvalue weighted by molar-refractivity contribution is 0.0648. The molecular weight excluding hydrogens is 397 g/mol. The fourth-order valence-corrected chi connectivity index (χ4v) is 4.96. The normalized spacial score (nSPS) is 15.3. The maximum Gasteiger partial charge on any atom is 0.263 e. The third kappa shape index (κ3) is 4.77. The summed E-state index contributed by atoms with van der Waals surface area (Å²) in [5.74, 6) is -0.237. The number of amides is 1. The van der Waals surface area contributed by atoms with E-state index < -0.39 is 0 Å². The van der Waals surface area contributed by atoms with E-state index in [0.717, 1.165) is 49.5 Å². The van der Waals surface area contributed by atoms with E-state index >= 15 is 0 Å². The van der Waals surface area contributed by atoms with Crippen molar-refractivity contribution in [2.24, 2.45) is 0 Å². The van der Waals surface area contributed by atoms with Crippen LogP contribution in [0, 0.1) is 5.82 Å². The van der Waals surface area contributed by atoms with Crippen molar-refractivity contribution in [3.63, 3.8) is 0 Å². The summed E-state index contributed by atoms with van der Waals surface area (Å²) in [7, 11) is 1.89. The lowest BCUT2D eigenvalue weighted by atomic mass is 10.0. The Labute approximate surface area is 181 Å². The maximum atomic E-state index is 14.0. The predicted octanol–water partition coefficient (Wildman–Crippen LogP) is 4.73. The fraction of sp³-hybridized carbons (Fsp3) is 0.333. The monoisotopic (exact) mass is 423 g/mol. The van der Waals surface area contributed by atoms with Gasteiger partial charge in [0.2, 0.25) is 0 Å². The smallest absolute Gasteiger partial charge is 0.263 e. The van der Waals surface area contributed by atoms with Gasteiger partial charge in [0.05, 0.1) is 4.88 Å². The molecule has 0 bridgehead atoms. The average molecular weight is 424 g/mol. The molecule has 1 aliphatic heterocycles. The van der Waals surface area contributed by atoms with Gasteiger partial charge in [0.15, 0.2) is 0 Å². The van der Waals surface area contributed by atoms with Gasteiger partial charge in [-0.25, -0.2) is 4.39 Å². The van der Waals surface area contributed by atoms with Gasteiger partial charge in [-0.3, -0.25) is 9.78 Å². The number of benzene rings is 1. The Hall–Kier alpha value is -2.57. The minimum atomic E-state index is -0.259. The van der Waals surface area contributed by atoms with Crippen LogP contribution in [0.25, 0.3) is 10.4 Å². The van der Waals surface area contributed by atoms with Gasteiger partial charge >= 0.3 is 0 Å². The molecule has 0 unspecified atom stereocenters. The predicted molar refractivity (Wildman–Crippen MR) is 119 cm³/mol. The van der Waals surface area contributed by atoms with Crippen molar-refractivity contribution in [3.05, 3.63) is 77.2 Å². The van der Waals surface area contributed by atoms with Gasteiger partial charge in [-0.15, -0.1) is 11.3 Å². The van der Waals surface area contributed by atoms with E-state index in [9.17, 15) is 9.18 Å². The zero-order valence-electron chi connectivity index (χ0n) is 17.1. The summed E-state index contributed by atoms with van der Waals surface area (Å²) >= 11 is 1.36. The Morgan fingerprint density at radius 2 is 1.90 bits per heavy atom. The Morgan fingerprint density at radius 3 is 2.63 bits per heavy atom. The van der Waals surface area contributed by atoms with Crippen LogP contribution < -0.4 is 0 Å². The first-order valence-corrected chi connectivity index (χ1v) is 11.2. The molecule has 1 fully saturated rings. The van der Waals surface area contributed by atoms with Crippen LogP contribution in [0.3, 0.4) is 0 Å². The van der Waals surface area contributed by atoms with Gasteiger partial charge in [-0.1, -0.05) is 24.3 Å². The molecule has 0 radical (unpaired) electrons. The highest BCUT2D eigenvalue weighted by molar-refractivity contribution is 7.17. The van der Waals surface area contributed by atoms with Gasteiger partial charge < -0.3 is 9.80 Å². The molecule has 1 aliphatic rings. The fourth-order valence-electron chi connectivity index (χ4n) is 3.95. The number of nitrogens with zero attached hydrogens (tertiary/aromatic N) is 3. The number of aromatic nitrogens is 1. The van der Waals surface area contributed by atoms with Crippen molar-refractivity contribution in [1.82, 2.24) is 14.8 Å². The van der Waals surface area contributed by atoms with Crippen LogP contribution in [0.2, 0.25) is 0 Å². The van der Waals surface area contributed by atoms with Crippen molar-refractivity contribution in [2.75, 3.05) is 26.7 Å². The van der Waals surface area contributed by atoms with E-state index in [0.29, 0.717) is 10.4 Å². The van der Waals surface area contributed by atoms with Gasteiger partial charge in [-0.2, -0.15) is 0 Å². The number of likely N-dealkylation sites (tertiary alicyclic amines) is 1. The van der Waals surface area contributed by atoms with Crippen LogP contribution in [-0.4, -0.2) is 53.4 Å². The molecule has 0 N–H and O–H groups in total. The lowest BCUT2D eigenvalue weighted by Crippen LogP contribution is -2.45. The molecular formula is C24H26FN3OS. The molecule has 0 atom stereocenters. The summed E-state index contributed by atoms with van der Waals surface area (Å²) in [6.45, 7) is 2.97. The van der Waals surface area contributed by atoms with E-state index in [1.54, 1.807) is 12.1 Å². The summed E-state index contributed by atoms with van der Waals surface area (Å²) in [6, 6.07) is 16.6. The minimum Gasteiger partial charge on any atom is -0.338 e. The Bertz CT molecular complexity index is 983. The van der Waals surface area contributed by atoms with Gasteiger partial charge in [0.1, 0.15) is 5.82 Å². The van der Waals surface area contributed by atoms with Crippen LogP contribution in [0.4, 0.5) is 4.39 Å². The van der Waals surface area contributed by atoms with Crippen LogP contribution in [0.5, 0.6) is 0 Å².